The minimum Gasteiger partial charge on any atom is -0.363 e. The van der Waals surface area contributed by atoms with E-state index < -0.39 is 0 Å². The second-order valence-electron chi connectivity index (χ2n) is 6.01. The van der Waals surface area contributed by atoms with Gasteiger partial charge in [0.15, 0.2) is 0 Å². The summed E-state index contributed by atoms with van der Waals surface area (Å²) in [6.45, 7) is 10.5. The maximum Gasteiger partial charge on any atom is 0.146 e. The molecule has 0 saturated carbocycles. The fourth-order valence-corrected chi connectivity index (χ4v) is 3.17. The molecule has 1 unspecified atom stereocenters. The van der Waals surface area contributed by atoms with E-state index in [-0.39, 0.29) is 11.4 Å². The van der Waals surface area contributed by atoms with E-state index >= 15 is 0 Å². The van der Waals surface area contributed by atoms with Gasteiger partial charge >= 0.3 is 0 Å². The van der Waals surface area contributed by atoms with Crippen LogP contribution >= 0.6 is 0 Å². The molecule has 2 nitrogen and oxygen atoms in total. The zero-order chi connectivity index (χ0) is 14.8. The quantitative estimate of drug-likeness (QED) is 0.899. The third-order valence-electron chi connectivity index (χ3n) is 4.86. The first-order chi connectivity index (χ1) is 9.55. The highest BCUT2D eigenvalue weighted by molar-refractivity contribution is 5.52. The van der Waals surface area contributed by atoms with Gasteiger partial charge in [-0.1, -0.05) is 26.8 Å². The van der Waals surface area contributed by atoms with E-state index in [1.807, 2.05) is 19.1 Å². The van der Waals surface area contributed by atoms with E-state index in [0.717, 1.165) is 43.6 Å². The van der Waals surface area contributed by atoms with Crippen LogP contribution in [0.25, 0.3) is 0 Å². The number of nitrogens with zero attached hydrogens (tertiary/aromatic N) is 1. The van der Waals surface area contributed by atoms with Crippen molar-refractivity contribution < 1.29 is 4.39 Å². The first kappa shape index (κ1) is 15.3. The first-order valence-corrected chi connectivity index (χ1v) is 7.83. The summed E-state index contributed by atoms with van der Waals surface area (Å²) in [4.78, 5) is 2.28. The lowest BCUT2D eigenvalue weighted by atomic mass is 9.87. The van der Waals surface area contributed by atoms with Crippen molar-refractivity contribution in [2.45, 2.75) is 58.5 Å². The van der Waals surface area contributed by atoms with Crippen molar-refractivity contribution in [2.24, 2.45) is 0 Å². The van der Waals surface area contributed by atoms with Crippen LogP contribution < -0.4 is 10.2 Å². The number of halogens is 1. The van der Waals surface area contributed by atoms with E-state index in [1.165, 1.54) is 0 Å². The molecule has 0 amide bonds. The second kappa shape index (κ2) is 6.13. The van der Waals surface area contributed by atoms with Crippen LogP contribution in [0.4, 0.5) is 10.1 Å². The van der Waals surface area contributed by atoms with Crippen LogP contribution in [0.15, 0.2) is 18.2 Å². The first-order valence-electron chi connectivity index (χ1n) is 7.83. The molecule has 1 aliphatic heterocycles. The van der Waals surface area contributed by atoms with Crippen LogP contribution in [0.3, 0.4) is 0 Å². The molecule has 3 heteroatoms. The second-order valence-corrected chi connectivity index (χ2v) is 6.01. The molecule has 0 aliphatic carbocycles. The number of nitrogens with one attached hydrogen (secondary N) is 1. The average Bonchev–Trinajstić information content (AvgIpc) is 2.49. The van der Waals surface area contributed by atoms with Crippen molar-refractivity contribution in [3.8, 4) is 0 Å². The van der Waals surface area contributed by atoms with E-state index in [0.29, 0.717) is 6.04 Å². The minimum atomic E-state index is -0.0999. The standard InChI is InChI=1S/C17H27FN2/c1-5-14-11-19-17(6-2,7-3)12-20(14)16-10-13(4)8-9-15(16)18/h8-10,14,19H,5-7,11-12H2,1-4H3. The number of piperazine rings is 1. The number of rotatable bonds is 4. The summed E-state index contributed by atoms with van der Waals surface area (Å²) < 4.78 is 14.3. The van der Waals surface area contributed by atoms with Crippen molar-refractivity contribution >= 4 is 5.69 Å². The van der Waals surface area contributed by atoms with Gasteiger partial charge in [-0.25, -0.2) is 4.39 Å². The smallest absolute Gasteiger partial charge is 0.146 e. The molecule has 20 heavy (non-hydrogen) atoms. The van der Waals surface area contributed by atoms with Crippen molar-refractivity contribution in [3.05, 3.63) is 29.6 Å². The van der Waals surface area contributed by atoms with Crippen molar-refractivity contribution in [3.63, 3.8) is 0 Å². The minimum absolute atomic E-state index is 0.0999. The van der Waals surface area contributed by atoms with Crippen molar-refractivity contribution in [2.75, 3.05) is 18.0 Å². The highest BCUT2D eigenvalue weighted by Crippen LogP contribution is 2.30. The van der Waals surface area contributed by atoms with Gasteiger partial charge in [-0.15, -0.1) is 0 Å². The SMILES string of the molecule is CCC1CNC(CC)(CC)CN1c1cc(C)ccc1F. The summed E-state index contributed by atoms with van der Waals surface area (Å²) in [5.41, 5.74) is 2.00. The van der Waals surface area contributed by atoms with Crippen LogP contribution in [-0.2, 0) is 0 Å². The maximum absolute atomic E-state index is 14.3. The van der Waals surface area contributed by atoms with E-state index in [4.69, 9.17) is 0 Å². The highest BCUT2D eigenvalue weighted by Gasteiger charge is 2.36. The molecule has 1 N–H and O–H groups in total. The van der Waals surface area contributed by atoms with E-state index in [9.17, 15) is 4.39 Å². The molecule has 1 aliphatic rings. The predicted molar refractivity (Wildman–Crippen MR) is 83.9 cm³/mol. The van der Waals surface area contributed by atoms with Gasteiger partial charge < -0.3 is 10.2 Å². The molecule has 1 fully saturated rings. The summed E-state index contributed by atoms with van der Waals surface area (Å²) in [6.07, 6.45) is 3.18. The van der Waals surface area contributed by atoms with Crippen LogP contribution in [0.5, 0.6) is 0 Å². The van der Waals surface area contributed by atoms with E-state index in [1.54, 1.807) is 6.07 Å². The topological polar surface area (TPSA) is 15.3 Å². The Morgan fingerprint density at radius 2 is 2.00 bits per heavy atom. The van der Waals surface area contributed by atoms with Crippen molar-refractivity contribution in [1.29, 1.82) is 0 Å². The lowest BCUT2D eigenvalue weighted by Gasteiger charge is -2.48. The summed E-state index contributed by atoms with van der Waals surface area (Å²) in [5, 5.41) is 3.70. The lowest BCUT2D eigenvalue weighted by molar-refractivity contribution is 0.245. The number of anilines is 1. The van der Waals surface area contributed by atoms with Crippen LogP contribution in [0.1, 0.15) is 45.6 Å². The average molecular weight is 278 g/mol. The zero-order valence-electron chi connectivity index (χ0n) is 13.2. The predicted octanol–water partition coefficient (Wildman–Crippen LogP) is 3.88. The normalized spacial score (nSPS) is 22.1. The fourth-order valence-electron chi connectivity index (χ4n) is 3.17. The molecule has 0 radical (unpaired) electrons. The molecular formula is C17H27FN2. The Morgan fingerprint density at radius 3 is 2.60 bits per heavy atom. The lowest BCUT2D eigenvalue weighted by Crippen LogP contribution is -2.64. The fraction of sp³-hybridized carbons (Fsp3) is 0.647. The molecule has 0 aromatic heterocycles. The van der Waals surface area contributed by atoms with Gasteiger partial charge in [0.05, 0.1) is 5.69 Å². The number of hydrogen-bond acceptors (Lipinski definition) is 2. The van der Waals surface area contributed by atoms with Gasteiger partial charge in [-0.3, -0.25) is 0 Å². The van der Waals surface area contributed by atoms with Gasteiger partial charge in [0.2, 0.25) is 0 Å². The van der Waals surface area contributed by atoms with Crippen LogP contribution in [-0.4, -0.2) is 24.7 Å². The Bertz CT molecular complexity index is 454. The highest BCUT2D eigenvalue weighted by atomic mass is 19.1. The van der Waals surface area contributed by atoms with Gasteiger partial charge in [-0.2, -0.15) is 0 Å². The summed E-state index contributed by atoms with van der Waals surface area (Å²) in [6, 6.07) is 5.80. The molecule has 2 rings (SSSR count). The Balaban J connectivity index is 2.36. The van der Waals surface area contributed by atoms with E-state index in [2.05, 4.69) is 31.0 Å². The molecule has 1 aromatic rings. The van der Waals surface area contributed by atoms with Crippen molar-refractivity contribution in [1.82, 2.24) is 5.32 Å². The van der Waals surface area contributed by atoms with Gasteiger partial charge in [0.25, 0.3) is 0 Å². The number of benzene rings is 1. The number of hydrogen-bond donors (Lipinski definition) is 1. The van der Waals surface area contributed by atoms with Gasteiger partial charge in [0.1, 0.15) is 5.82 Å². The van der Waals surface area contributed by atoms with Gasteiger partial charge in [-0.05, 0) is 43.9 Å². The summed E-state index contributed by atoms with van der Waals surface area (Å²) >= 11 is 0. The zero-order valence-corrected chi connectivity index (χ0v) is 13.2. The largest absolute Gasteiger partial charge is 0.363 e. The third kappa shape index (κ3) is 2.83. The summed E-state index contributed by atoms with van der Waals surface area (Å²) in [7, 11) is 0. The molecule has 1 saturated heterocycles. The molecule has 1 heterocycles. The molecule has 0 spiro atoms. The third-order valence-corrected chi connectivity index (χ3v) is 4.86. The number of aryl methyl sites for hydroxylation is 1. The Hall–Kier alpha value is -1.09. The Morgan fingerprint density at radius 1 is 1.30 bits per heavy atom. The molecule has 1 atom stereocenters. The van der Waals surface area contributed by atoms with Crippen LogP contribution in [0, 0.1) is 12.7 Å². The molecule has 1 aromatic carbocycles. The Labute approximate surface area is 122 Å². The Kier molecular flexibility index (Phi) is 4.69. The molecule has 112 valence electrons. The summed E-state index contributed by atoms with van der Waals surface area (Å²) in [5.74, 6) is -0.0999. The van der Waals surface area contributed by atoms with Crippen LogP contribution in [0.2, 0.25) is 0 Å². The molecule has 0 bridgehead atoms. The monoisotopic (exact) mass is 278 g/mol. The molecular weight excluding hydrogens is 251 g/mol. The van der Waals surface area contributed by atoms with Gasteiger partial charge in [0, 0.05) is 24.7 Å². The maximum atomic E-state index is 14.3.